The highest BCUT2D eigenvalue weighted by Gasteiger charge is 2.56. The number of nitrogens with zero attached hydrogens (tertiary/aromatic N) is 2. The second-order valence-corrected chi connectivity index (χ2v) is 44.1. The Morgan fingerprint density at radius 1 is 0.279 bits per heavy atom. The average molecular weight is 1810 g/mol. The maximum Gasteiger partial charge on any atom is 0.145 e. The van der Waals surface area contributed by atoms with Crippen LogP contribution in [0.2, 0.25) is 0 Å². The van der Waals surface area contributed by atoms with Gasteiger partial charge in [0.25, 0.3) is 0 Å². The van der Waals surface area contributed by atoms with Crippen molar-refractivity contribution < 1.29 is 4.42 Å². The van der Waals surface area contributed by atoms with Crippen molar-refractivity contribution in [3.05, 3.63) is 438 Å². The first-order chi connectivity index (χ1) is 61.6. The van der Waals surface area contributed by atoms with Crippen LogP contribution in [0.4, 0.5) is 45.5 Å². The van der Waals surface area contributed by atoms with Crippen LogP contribution in [0.25, 0.3) is 77.6 Å². The van der Waals surface area contributed by atoms with Gasteiger partial charge in [-0.15, -0.1) is 0 Å². The number of rotatable bonds is 8. The summed E-state index contributed by atoms with van der Waals surface area (Å²) in [6.45, 7) is 40.9. The van der Waals surface area contributed by atoms with Crippen LogP contribution in [-0.4, -0.2) is 0 Å². The monoisotopic (exact) mass is 1810 g/mol. The van der Waals surface area contributed by atoms with Crippen molar-refractivity contribution >= 4 is 99.3 Å². The number of fused-ring (bicyclic) bond motifs is 28. The zero-order valence-electron chi connectivity index (χ0n) is 77.6. The molecule has 6 heteroatoms. The van der Waals surface area contributed by atoms with E-state index in [4.69, 9.17) is 4.42 Å². The van der Waals surface area contributed by atoms with E-state index < -0.39 is 5.41 Å². The lowest BCUT2D eigenvalue weighted by molar-refractivity contribution is 0.590. The van der Waals surface area contributed by atoms with Gasteiger partial charge in [0.1, 0.15) is 11.2 Å². The second-order valence-electron chi connectivity index (χ2n) is 42.3. The van der Waals surface area contributed by atoms with Crippen LogP contribution in [0.5, 0.6) is 0 Å². The molecule has 1 aromatic heterocycles. The molecule has 5 aliphatic carbocycles. The predicted octanol–water partition coefficient (Wildman–Crippen LogP) is 35.2. The molecule has 17 aromatic rings. The van der Waals surface area contributed by atoms with Crippen LogP contribution in [0.3, 0.4) is 0 Å². The number of hydrogen-bond acceptors (Lipinski definition) is 4. The topological polar surface area (TPSA) is 31.6 Å². The molecule has 1 N–H and O–H groups in total. The quantitative estimate of drug-likeness (QED) is 0.164. The molecule has 16 aromatic carbocycles. The Hall–Kier alpha value is -12.3. The summed E-state index contributed by atoms with van der Waals surface area (Å²) in [6, 6.07) is 127. The van der Waals surface area contributed by atoms with E-state index in [0.717, 1.165) is 83.9 Å². The van der Waals surface area contributed by atoms with E-state index in [-0.39, 0.29) is 37.9 Å². The number of anilines is 8. The molecule has 0 aliphatic heterocycles. The Labute approximate surface area is 780 Å². The Bertz CT molecular complexity index is 7000. The molecular weight excluding hydrogens is 1700 g/mol. The standard InChI is InChI=1S/C71H68N2O.C32H18Br2.C20H27N/c1-67(2,3)45-25-33-49(34-26-45)72(50-35-27-46(28-36-50)68(4,5)6)53-41-42-56-60(43-53)71(58-22-16-13-19-54(58)55-20-14-17-23-59(55)71)61-44-62(65-57-21-15-18-24-63(57)74-66(65)64(56)61)73(51-37-29-47(30-38-51)69(7,8)9)52-39-31-48(32-40-52)70(10,11)12;33-19-13-14-23-27(16-19)32(25-11-5-3-9-21(25)22-10-4-6-12-26(22)32)28-17-29(34)31-20-8-2-1-7-18(20)15-24(31)30(23)28;1-19(2,3)15-7-11-17(12-8-15)21-18-13-9-16(10-14-18)20(4,5)6/h13-44H,1-12H3;1-14,16-17H,15H2;7-14,21H,1-6H3. The minimum atomic E-state index is -0.689. The summed E-state index contributed by atoms with van der Waals surface area (Å²) in [5.74, 6) is 0. The molecule has 22 rings (SSSR count). The number of furan rings is 1. The van der Waals surface area contributed by atoms with Crippen molar-refractivity contribution in [3.63, 3.8) is 0 Å². The summed E-state index contributed by atoms with van der Waals surface area (Å²) in [5, 5.41) is 5.66. The van der Waals surface area contributed by atoms with E-state index in [9.17, 15) is 0 Å². The van der Waals surface area contributed by atoms with Crippen molar-refractivity contribution in [2.45, 2.75) is 174 Å². The number of halogens is 2. The fraction of sp³-hybridized carbons (Fsp3) is 0.220. The van der Waals surface area contributed by atoms with Crippen molar-refractivity contribution in [3.8, 4) is 55.6 Å². The molecule has 2 spiro atoms. The molecule has 0 atom stereocenters. The smallest absolute Gasteiger partial charge is 0.145 e. The molecule has 0 fully saturated rings. The van der Waals surface area contributed by atoms with E-state index in [1.807, 2.05) is 0 Å². The third-order valence-corrected chi connectivity index (χ3v) is 29.1. The highest BCUT2D eigenvalue weighted by molar-refractivity contribution is 9.10. The zero-order valence-corrected chi connectivity index (χ0v) is 80.8. The van der Waals surface area contributed by atoms with E-state index in [2.05, 4.69) is 511 Å². The fourth-order valence-electron chi connectivity index (χ4n) is 21.3. The molecule has 0 unspecified atom stereocenters. The molecule has 0 bridgehead atoms. The van der Waals surface area contributed by atoms with Crippen LogP contribution in [0.15, 0.2) is 353 Å². The summed E-state index contributed by atoms with van der Waals surface area (Å²) in [6.07, 6.45) is 0.974. The fourth-order valence-corrected chi connectivity index (χ4v) is 22.3. The summed E-state index contributed by atoms with van der Waals surface area (Å²) < 4.78 is 9.70. The third-order valence-electron chi connectivity index (χ3n) is 28.0. The highest BCUT2D eigenvalue weighted by atomic mass is 79.9. The lowest BCUT2D eigenvalue weighted by atomic mass is 9.70. The molecular formula is C123H113Br2N3O. The maximum absolute atomic E-state index is 7.38. The zero-order chi connectivity index (χ0) is 90.0. The first kappa shape index (κ1) is 84.8. The van der Waals surface area contributed by atoms with Gasteiger partial charge in [0.15, 0.2) is 0 Å². The average Bonchev–Trinajstić information content (AvgIpc) is 1.50. The van der Waals surface area contributed by atoms with Gasteiger partial charge in [-0.1, -0.05) is 381 Å². The minimum Gasteiger partial charge on any atom is -0.455 e. The van der Waals surface area contributed by atoms with Gasteiger partial charge in [0.2, 0.25) is 0 Å². The molecule has 0 amide bonds. The normalized spacial score (nSPS) is 13.8. The van der Waals surface area contributed by atoms with Crippen molar-refractivity contribution in [2.24, 2.45) is 0 Å². The van der Waals surface area contributed by atoms with Gasteiger partial charge in [-0.3, -0.25) is 0 Å². The summed E-state index contributed by atoms with van der Waals surface area (Å²) >= 11 is 7.84. The molecule has 1 heterocycles. The van der Waals surface area contributed by atoms with Gasteiger partial charge in [-0.25, -0.2) is 0 Å². The van der Waals surface area contributed by atoms with E-state index in [1.54, 1.807) is 0 Å². The Kier molecular flexibility index (Phi) is 20.5. The van der Waals surface area contributed by atoms with Crippen LogP contribution < -0.4 is 15.1 Å². The largest absolute Gasteiger partial charge is 0.455 e. The Morgan fingerprint density at radius 2 is 0.620 bits per heavy atom. The minimum absolute atomic E-state index is 0.000909. The lowest BCUT2D eigenvalue weighted by Crippen LogP contribution is -2.26. The molecule has 129 heavy (non-hydrogen) atoms. The van der Waals surface area contributed by atoms with Gasteiger partial charge in [0, 0.05) is 65.3 Å². The van der Waals surface area contributed by atoms with E-state index in [0.29, 0.717) is 0 Å². The summed E-state index contributed by atoms with van der Waals surface area (Å²) in [7, 11) is 0. The van der Waals surface area contributed by atoms with Crippen molar-refractivity contribution in [1.82, 2.24) is 0 Å². The van der Waals surface area contributed by atoms with Crippen LogP contribution in [0, 0.1) is 0 Å². The molecule has 640 valence electrons. The maximum atomic E-state index is 7.38. The summed E-state index contributed by atoms with van der Waals surface area (Å²) in [5.41, 5.74) is 44.5. The van der Waals surface area contributed by atoms with Crippen LogP contribution >= 0.6 is 31.9 Å². The number of para-hydroxylation sites is 1. The molecule has 5 aliphatic rings. The van der Waals surface area contributed by atoms with Gasteiger partial charge < -0.3 is 19.5 Å². The second kappa shape index (κ2) is 31.2. The SMILES string of the molecule is Brc1ccc2c(c1)C1(c3ccccc3-c3ccccc31)c1cc(Br)c3c(c1-2)Cc1ccccc1-3.CC(C)(C)c1ccc(N(c2ccc(C(C)(C)C)cc2)c2ccc3c(c2)C2(c4ccccc4-c4ccccc42)c2cc(N(c4ccc(C(C)(C)C)cc4)c4ccc(C(C)(C)C)cc4)c4c(oc5ccccc54)c2-3)cc1.CC(C)(C)c1ccc(Nc2ccc(C(C)(C)C)cc2)cc1. The Balaban J connectivity index is 0.000000154. The van der Waals surface area contributed by atoms with Gasteiger partial charge >= 0.3 is 0 Å². The molecule has 0 saturated heterocycles. The van der Waals surface area contributed by atoms with Gasteiger partial charge in [-0.05, 0) is 288 Å². The molecule has 0 radical (unpaired) electrons. The van der Waals surface area contributed by atoms with E-state index >= 15 is 0 Å². The molecule has 4 nitrogen and oxygen atoms in total. The van der Waals surface area contributed by atoms with E-state index in [1.165, 1.54) is 144 Å². The number of hydrogen-bond donors (Lipinski definition) is 1. The van der Waals surface area contributed by atoms with Crippen molar-refractivity contribution in [2.75, 3.05) is 15.1 Å². The predicted molar refractivity (Wildman–Crippen MR) is 554 cm³/mol. The summed E-state index contributed by atoms with van der Waals surface area (Å²) in [4.78, 5) is 4.94. The van der Waals surface area contributed by atoms with Crippen LogP contribution in [0.1, 0.15) is 214 Å². The van der Waals surface area contributed by atoms with Crippen molar-refractivity contribution in [1.29, 1.82) is 0 Å². The first-order valence-corrected chi connectivity index (χ1v) is 47.4. The number of nitrogens with one attached hydrogen (secondary N) is 1. The lowest BCUT2D eigenvalue weighted by Gasteiger charge is -2.34. The van der Waals surface area contributed by atoms with Gasteiger partial charge in [0.05, 0.1) is 21.9 Å². The Morgan fingerprint density at radius 3 is 1.05 bits per heavy atom. The highest BCUT2D eigenvalue weighted by Crippen LogP contribution is 2.69. The third kappa shape index (κ3) is 14.3. The number of benzene rings is 16. The molecule has 0 saturated carbocycles. The van der Waals surface area contributed by atoms with Crippen LogP contribution in [-0.2, 0) is 49.7 Å². The first-order valence-electron chi connectivity index (χ1n) is 45.9. The van der Waals surface area contributed by atoms with Gasteiger partial charge in [-0.2, -0.15) is 0 Å².